The summed E-state index contributed by atoms with van der Waals surface area (Å²) in [6.45, 7) is 10.5. The molecule has 0 aromatic heterocycles. The van der Waals surface area contributed by atoms with Crippen molar-refractivity contribution in [3.63, 3.8) is 0 Å². The Labute approximate surface area is 99.1 Å². The molecule has 1 aliphatic heterocycles. The molecule has 0 bridgehead atoms. The van der Waals surface area contributed by atoms with Crippen LogP contribution in [0.25, 0.3) is 0 Å². The van der Waals surface area contributed by atoms with E-state index in [0.717, 1.165) is 45.4 Å². The molecule has 2 nitrogen and oxygen atoms in total. The maximum atomic E-state index is 5.83. The van der Waals surface area contributed by atoms with E-state index in [2.05, 4.69) is 18.5 Å². The van der Waals surface area contributed by atoms with Crippen molar-refractivity contribution in [1.82, 2.24) is 5.32 Å². The molecule has 0 saturated carbocycles. The first-order valence-electron chi connectivity index (χ1n) is 6.13. The van der Waals surface area contributed by atoms with Gasteiger partial charge in [0.2, 0.25) is 0 Å². The summed E-state index contributed by atoms with van der Waals surface area (Å²) in [5, 5.41) is 3.34. The van der Waals surface area contributed by atoms with Crippen molar-refractivity contribution < 1.29 is 4.74 Å². The van der Waals surface area contributed by atoms with Gasteiger partial charge in [0.25, 0.3) is 0 Å². The molecule has 0 aromatic rings. The maximum Gasteiger partial charge on any atom is 0.0599 e. The monoisotopic (exact) mass is 221 g/mol. The van der Waals surface area contributed by atoms with E-state index in [-0.39, 0.29) is 0 Å². The molecule has 1 saturated heterocycles. The third kappa shape index (κ3) is 5.29. The summed E-state index contributed by atoms with van der Waals surface area (Å²) < 4.78 is 5.83. The fraction of sp³-hybridized carbons (Fsp3) is 0.571. The van der Waals surface area contributed by atoms with E-state index < -0.39 is 0 Å². The molecule has 2 heteroatoms. The van der Waals surface area contributed by atoms with E-state index >= 15 is 0 Å². The molecule has 90 valence electrons. The van der Waals surface area contributed by atoms with Crippen LogP contribution in [-0.2, 0) is 4.74 Å². The second-order valence-electron chi connectivity index (χ2n) is 4.11. The van der Waals surface area contributed by atoms with Gasteiger partial charge < -0.3 is 10.1 Å². The lowest BCUT2D eigenvalue weighted by molar-refractivity contribution is 0.0318. The predicted octanol–water partition coefficient (Wildman–Crippen LogP) is 2.83. The lowest BCUT2D eigenvalue weighted by Gasteiger charge is -2.22. The van der Waals surface area contributed by atoms with Crippen LogP contribution in [0.5, 0.6) is 0 Å². The van der Waals surface area contributed by atoms with Crippen LogP contribution in [-0.4, -0.2) is 25.8 Å². The number of hydrogen-bond acceptors (Lipinski definition) is 2. The minimum Gasteiger partial charge on any atom is -0.378 e. The number of nitrogens with one attached hydrogen (secondary N) is 1. The Balaban J connectivity index is 2.08. The van der Waals surface area contributed by atoms with E-state index in [1.54, 1.807) is 0 Å². The van der Waals surface area contributed by atoms with Crippen LogP contribution < -0.4 is 5.32 Å². The Morgan fingerprint density at radius 3 is 2.69 bits per heavy atom. The molecule has 1 aliphatic rings. The second-order valence-corrected chi connectivity index (χ2v) is 4.11. The summed E-state index contributed by atoms with van der Waals surface area (Å²) in [5.74, 6) is 0. The fourth-order valence-corrected chi connectivity index (χ4v) is 1.89. The lowest BCUT2D eigenvalue weighted by atomic mass is 10.1. The summed E-state index contributed by atoms with van der Waals surface area (Å²) in [4.78, 5) is 0. The van der Waals surface area contributed by atoms with Crippen LogP contribution in [0.2, 0.25) is 0 Å². The topological polar surface area (TPSA) is 21.3 Å². The van der Waals surface area contributed by atoms with E-state index in [0.29, 0.717) is 6.10 Å². The molecule has 0 spiro atoms. The van der Waals surface area contributed by atoms with Crippen molar-refractivity contribution in [2.75, 3.05) is 19.7 Å². The maximum absolute atomic E-state index is 5.83. The molecule has 0 unspecified atom stereocenters. The van der Waals surface area contributed by atoms with Crippen molar-refractivity contribution in [1.29, 1.82) is 0 Å². The summed E-state index contributed by atoms with van der Waals surface area (Å²) in [5.41, 5.74) is 1.24. The number of hydrogen-bond donors (Lipinski definition) is 1. The van der Waals surface area contributed by atoms with Crippen molar-refractivity contribution in [2.45, 2.75) is 31.8 Å². The first-order chi connectivity index (χ1) is 7.86. The van der Waals surface area contributed by atoms with Gasteiger partial charge in [-0.2, -0.15) is 0 Å². The molecule has 0 amide bonds. The molecule has 0 aliphatic carbocycles. The molecule has 0 radical (unpaired) electrons. The minimum atomic E-state index is 0.469. The van der Waals surface area contributed by atoms with E-state index in [9.17, 15) is 0 Å². The van der Waals surface area contributed by atoms with Crippen molar-refractivity contribution in [3.05, 3.63) is 37.0 Å². The van der Waals surface area contributed by atoms with Crippen LogP contribution in [0, 0.1) is 0 Å². The summed E-state index contributed by atoms with van der Waals surface area (Å²) in [7, 11) is 0. The Morgan fingerprint density at radius 1 is 1.31 bits per heavy atom. The van der Waals surface area contributed by atoms with E-state index in [1.807, 2.05) is 18.2 Å². The zero-order valence-electron chi connectivity index (χ0n) is 10.1. The zero-order chi connectivity index (χ0) is 11.6. The Bertz CT molecular complexity index is 239. The Morgan fingerprint density at radius 2 is 2.06 bits per heavy atom. The fourth-order valence-electron chi connectivity index (χ4n) is 1.89. The largest absolute Gasteiger partial charge is 0.378 e. The average Bonchev–Trinajstić information content (AvgIpc) is 2.34. The van der Waals surface area contributed by atoms with E-state index in [1.165, 1.54) is 5.57 Å². The van der Waals surface area contributed by atoms with Gasteiger partial charge in [-0.1, -0.05) is 31.4 Å². The number of allylic oxidation sites excluding steroid dienone is 4. The highest BCUT2D eigenvalue weighted by Gasteiger charge is 2.12. The zero-order valence-corrected chi connectivity index (χ0v) is 10.1. The van der Waals surface area contributed by atoms with Gasteiger partial charge >= 0.3 is 0 Å². The number of ether oxygens (including phenoxy) is 1. The average molecular weight is 221 g/mol. The van der Waals surface area contributed by atoms with Gasteiger partial charge in [0, 0.05) is 6.61 Å². The number of piperidine rings is 1. The van der Waals surface area contributed by atoms with Crippen LogP contribution >= 0.6 is 0 Å². The summed E-state index contributed by atoms with van der Waals surface area (Å²) >= 11 is 0. The van der Waals surface area contributed by atoms with Gasteiger partial charge in [-0.05, 0) is 44.3 Å². The van der Waals surface area contributed by atoms with Gasteiger partial charge in [0.15, 0.2) is 0 Å². The third-order valence-electron chi connectivity index (χ3n) is 2.84. The minimum absolute atomic E-state index is 0.469. The van der Waals surface area contributed by atoms with Crippen molar-refractivity contribution in [3.8, 4) is 0 Å². The molecule has 1 rings (SSSR count). The second kappa shape index (κ2) is 8.31. The van der Waals surface area contributed by atoms with Crippen molar-refractivity contribution in [2.24, 2.45) is 0 Å². The molecular weight excluding hydrogens is 198 g/mol. The van der Waals surface area contributed by atoms with Gasteiger partial charge in [0.05, 0.1) is 6.10 Å². The predicted molar refractivity (Wildman–Crippen MR) is 69.6 cm³/mol. The van der Waals surface area contributed by atoms with Gasteiger partial charge in [-0.25, -0.2) is 0 Å². The van der Waals surface area contributed by atoms with Crippen LogP contribution in [0.1, 0.15) is 25.7 Å². The highest BCUT2D eigenvalue weighted by Crippen LogP contribution is 2.10. The lowest BCUT2D eigenvalue weighted by Crippen LogP contribution is -2.32. The Hall–Kier alpha value is -0.860. The molecule has 1 N–H and O–H groups in total. The highest BCUT2D eigenvalue weighted by atomic mass is 16.5. The van der Waals surface area contributed by atoms with Gasteiger partial charge in [-0.3, -0.25) is 0 Å². The van der Waals surface area contributed by atoms with Gasteiger partial charge in [-0.15, -0.1) is 0 Å². The van der Waals surface area contributed by atoms with Crippen LogP contribution in [0.3, 0.4) is 0 Å². The third-order valence-corrected chi connectivity index (χ3v) is 2.84. The van der Waals surface area contributed by atoms with E-state index in [4.69, 9.17) is 4.74 Å². The molecule has 1 fully saturated rings. The standard InChI is InChI=1S/C14H23NO/c1-3-6-13(4-2)7-5-12-16-14-8-10-15-11-9-14/h3-4,6,14-15H,1-2,5,7-12H2/b13-6+. The molecular formula is C14H23NO. The molecule has 1 heterocycles. The summed E-state index contributed by atoms with van der Waals surface area (Å²) in [6.07, 6.45) is 10.6. The number of rotatable bonds is 7. The first kappa shape index (κ1) is 13.2. The smallest absolute Gasteiger partial charge is 0.0599 e. The SMILES string of the molecule is C=C/C=C(\C=C)CCCOC1CCNCC1. The first-order valence-corrected chi connectivity index (χ1v) is 6.13. The molecule has 0 aromatic carbocycles. The van der Waals surface area contributed by atoms with Crippen LogP contribution in [0.15, 0.2) is 37.0 Å². The Kier molecular flexibility index (Phi) is 6.86. The van der Waals surface area contributed by atoms with Crippen LogP contribution in [0.4, 0.5) is 0 Å². The van der Waals surface area contributed by atoms with Crippen molar-refractivity contribution >= 4 is 0 Å². The summed E-state index contributed by atoms with van der Waals surface area (Å²) in [6, 6.07) is 0. The highest BCUT2D eigenvalue weighted by molar-refractivity contribution is 5.20. The molecule has 0 atom stereocenters. The quantitative estimate of drug-likeness (QED) is 0.527. The normalized spacial score (nSPS) is 18.4. The van der Waals surface area contributed by atoms with Gasteiger partial charge in [0.1, 0.15) is 0 Å². The molecule has 16 heavy (non-hydrogen) atoms.